The van der Waals surface area contributed by atoms with Crippen molar-refractivity contribution in [2.24, 2.45) is 0 Å². The van der Waals surface area contributed by atoms with Crippen molar-refractivity contribution in [3.8, 4) is 0 Å². The molecule has 1 aromatic carbocycles. The van der Waals surface area contributed by atoms with Gasteiger partial charge in [-0.05, 0) is 37.1 Å². The Bertz CT molecular complexity index is 751. The summed E-state index contributed by atoms with van der Waals surface area (Å²) in [4.78, 5) is 13.4. The molecule has 20 heavy (non-hydrogen) atoms. The Balaban J connectivity index is 1.83. The maximum Gasteiger partial charge on any atom is 0.142 e. The minimum absolute atomic E-state index is 0.539. The Morgan fingerprint density at radius 3 is 2.55 bits per heavy atom. The first kappa shape index (κ1) is 11.3. The van der Waals surface area contributed by atoms with E-state index in [-0.39, 0.29) is 0 Å². The summed E-state index contributed by atoms with van der Waals surface area (Å²) in [6.45, 7) is 0. The van der Waals surface area contributed by atoms with Gasteiger partial charge in [-0.15, -0.1) is 0 Å². The zero-order chi connectivity index (χ0) is 13.4. The van der Waals surface area contributed by atoms with Crippen molar-refractivity contribution in [1.82, 2.24) is 15.0 Å². The molecule has 2 aromatic heterocycles. The van der Waals surface area contributed by atoms with E-state index >= 15 is 0 Å². The molecule has 0 saturated heterocycles. The minimum Gasteiger partial charge on any atom is -0.340 e. The van der Waals surface area contributed by atoms with E-state index in [9.17, 15) is 0 Å². The summed E-state index contributed by atoms with van der Waals surface area (Å²) in [6.07, 6.45) is 5.95. The standard InChI is InChI=1S/C16H14N4/c1-2-4-14-13(3-1)16(18-12-7-9-17-10-8-12)20-15(19-14)11-5-6-11/h1-4,7-11H,5-6H2,(H,17,18,19,20). The van der Waals surface area contributed by atoms with Crippen LogP contribution in [0.3, 0.4) is 0 Å². The highest BCUT2D eigenvalue weighted by molar-refractivity contribution is 5.90. The Hall–Kier alpha value is -2.49. The molecule has 4 rings (SSSR count). The third-order valence-electron chi connectivity index (χ3n) is 3.51. The molecule has 4 heteroatoms. The molecule has 0 unspecified atom stereocenters. The van der Waals surface area contributed by atoms with Crippen LogP contribution in [-0.2, 0) is 0 Å². The average molecular weight is 262 g/mol. The van der Waals surface area contributed by atoms with Crippen molar-refractivity contribution in [1.29, 1.82) is 0 Å². The summed E-state index contributed by atoms with van der Waals surface area (Å²) < 4.78 is 0. The highest BCUT2D eigenvalue weighted by Crippen LogP contribution is 2.39. The summed E-state index contributed by atoms with van der Waals surface area (Å²) in [5.41, 5.74) is 1.99. The van der Waals surface area contributed by atoms with Gasteiger partial charge in [0.2, 0.25) is 0 Å². The predicted octanol–water partition coefficient (Wildman–Crippen LogP) is 3.65. The van der Waals surface area contributed by atoms with Crippen molar-refractivity contribution >= 4 is 22.4 Å². The van der Waals surface area contributed by atoms with E-state index < -0.39 is 0 Å². The van der Waals surface area contributed by atoms with Gasteiger partial charge in [0.1, 0.15) is 11.6 Å². The van der Waals surface area contributed by atoms with Crippen LogP contribution in [0, 0.1) is 0 Å². The molecule has 0 radical (unpaired) electrons. The molecule has 3 aromatic rings. The largest absolute Gasteiger partial charge is 0.340 e. The fraction of sp³-hybridized carbons (Fsp3) is 0.188. The number of rotatable bonds is 3. The Kier molecular flexibility index (Phi) is 2.59. The van der Waals surface area contributed by atoms with E-state index in [1.165, 1.54) is 12.8 Å². The molecule has 1 aliphatic carbocycles. The van der Waals surface area contributed by atoms with Gasteiger partial charge in [-0.3, -0.25) is 4.98 Å². The topological polar surface area (TPSA) is 50.7 Å². The molecule has 1 N–H and O–H groups in total. The fourth-order valence-electron chi connectivity index (χ4n) is 2.29. The van der Waals surface area contributed by atoms with Crippen LogP contribution in [0.5, 0.6) is 0 Å². The summed E-state index contributed by atoms with van der Waals surface area (Å²) in [5.74, 6) is 2.38. The molecular weight excluding hydrogens is 248 g/mol. The molecule has 1 saturated carbocycles. The third-order valence-corrected chi connectivity index (χ3v) is 3.51. The summed E-state index contributed by atoms with van der Waals surface area (Å²) in [6, 6.07) is 12.0. The normalized spacial score (nSPS) is 14.4. The highest BCUT2D eigenvalue weighted by atomic mass is 15.0. The van der Waals surface area contributed by atoms with Crippen LogP contribution >= 0.6 is 0 Å². The van der Waals surface area contributed by atoms with Crippen LogP contribution in [0.15, 0.2) is 48.8 Å². The van der Waals surface area contributed by atoms with Gasteiger partial charge in [-0.2, -0.15) is 0 Å². The van der Waals surface area contributed by atoms with Gasteiger partial charge < -0.3 is 5.32 Å². The maximum atomic E-state index is 4.72. The minimum atomic E-state index is 0.539. The van der Waals surface area contributed by atoms with Crippen LogP contribution in [0.2, 0.25) is 0 Å². The molecule has 0 amide bonds. The van der Waals surface area contributed by atoms with Crippen LogP contribution in [0.1, 0.15) is 24.6 Å². The number of anilines is 2. The molecule has 0 atom stereocenters. The maximum absolute atomic E-state index is 4.72. The quantitative estimate of drug-likeness (QED) is 0.782. The first-order valence-corrected chi connectivity index (χ1v) is 6.84. The van der Waals surface area contributed by atoms with Crippen molar-refractivity contribution in [3.05, 3.63) is 54.6 Å². The molecular formula is C16H14N4. The van der Waals surface area contributed by atoms with Crippen molar-refractivity contribution in [3.63, 3.8) is 0 Å². The van der Waals surface area contributed by atoms with Crippen LogP contribution in [0.25, 0.3) is 10.9 Å². The molecule has 1 fully saturated rings. The number of hydrogen-bond donors (Lipinski definition) is 1. The number of aromatic nitrogens is 3. The Labute approximate surface area is 116 Å². The Morgan fingerprint density at radius 2 is 1.75 bits per heavy atom. The lowest BCUT2D eigenvalue weighted by atomic mass is 10.2. The molecule has 0 spiro atoms. The second-order valence-electron chi connectivity index (χ2n) is 5.08. The number of nitrogens with one attached hydrogen (secondary N) is 1. The number of benzene rings is 1. The van der Waals surface area contributed by atoms with Gasteiger partial charge in [0.05, 0.1) is 5.52 Å². The van der Waals surface area contributed by atoms with E-state index in [1.54, 1.807) is 12.4 Å². The van der Waals surface area contributed by atoms with E-state index in [0.29, 0.717) is 5.92 Å². The van der Waals surface area contributed by atoms with Crippen LogP contribution in [0.4, 0.5) is 11.5 Å². The fourth-order valence-corrected chi connectivity index (χ4v) is 2.29. The predicted molar refractivity (Wildman–Crippen MR) is 79.0 cm³/mol. The SMILES string of the molecule is c1ccc2c(Nc3ccncc3)nc(C3CC3)nc2c1. The number of pyridine rings is 1. The van der Waals surface area contributed by atoms with E-state index in [1.807, 2.05) is 30.3 Å². The zero-order valence-electron chi connectivity index (χ0n) is 11.0. The molecule has 98 valence electrons. The van der Waals surface area contributed by atoms with Crippen LogP contribution < -0.4 is 5.32 Å². The summed E-state index contributed by atoms with van der Waals surface area (Å²) in [7, 11) is 0. The average Bonchev–Trinajstić information content (AvgIpc) is 3.33. The second kappa shape index (κ2) is 4.56. The van der Waals surface area contributed by atoms with Gasteiger partial charge in [0.25, 0.3) is 0 Å². The number of hydrogen-bond acceptors (Lipinski definition) is 4. The number of para-hydroxylation sites is 1. The molecule has 1 aliphatic rings. The van der Waals surface area contributed by atoms with Gasteiger partial charge in [-0.1, -0.05) is 12.1 Å². The summed E-state index contributed by atoms with van der Waals surface area (Å²) in [5, 5.41) is 4.43. The lowest BCUT2D eigenvalue weighted by Gasteiger charge is -2.10. The van der Waals surface area contributed by atoms with Gasteiger partial charge in [0.15, 0.2) is 0 Å². The van der Waals surface area contributed by atoms with Crippen molar-refractivity contribution < 1.29 is 0 Å². The highest BCUT2D eigenvalue weighted by Gasteiger charge is 2.27. The van der Waals surface area contributed by atoms with E-state index in [0.717, 1.165) is 28.2 Å². The second-order valence-corrected chi connectivity index (χ2v) is 5.08. The van der Waals surface area contributed by atoms with Crippen molar-refractivity contribution in [2.45, 2.75) is 18.8 Å². The number of fused-ring (bicyclic) bond motifs is 1. The number of nitrogens with zero attached hydrogens (tertiary/aromatic N) is 3. The molecule has 2 heterocycles. The third kappa shape index (κ3) is 2.09. The molecule has 0 bridgehead atoms. The van der Waals surface area contributed by atoms with Crippen molar-refractivity contribution in [2.75, 3.05) is 5.32 Å². The van der Waals surface area contributed by atoms with Gasteiger partial charge in [0, 0.05) is 29.4 Å². The van der Waals surface area contributed by atoms with Gasteiger partial charge >= 0.3 is 0 Å². The van der Waals surface area contributed by atoms with E-state index in [2.05, 4.69) is 21.4 Å². The smallest absolute Gasteiger partial charge is 0.142 e. The first-order chi connectivity index (χ1) is 9.90. The van der Waals surface area contributed by atoms with Gasteiger partial charge in [-0.25, -0.2) is 9.97 Å². The summed E-state index contributed by atoms with van der Waals surface area (Å²) >= 11 is 0. The lowest BCUT2D eigenvalue weighted by molar-refractivity contribution is 0.950. The Morgan fingerprint density at radius 1 is 0.950 bits per heavy atom. The zero-order valence-corrected chi connectivity index (χ0v) is 11.0. The monoisotopic (exact) mass is 262 g/mol. The van der Waals surface area contributed by atoms with E-state index in [4.69, 9.17) is 4.98 Å². The first-order valence-electron chi connectivity index (χ1n) is 6.84. The lowest BCUT2D eigenvalue weighted by Crippen LogP contribution is -2.00. The van der Waals surface area contributed by atoms with Crippen LogP contribution in [-0.4, -0.2) is 15.0 Å². The molecule has 4 nitrogen and oxygen atoms in total. The molecule has 0 aliphatic heterocycles.